The normalized spacial score (nSPS) is 28.7. The minimum Gasteiger partial charge on any atom is -0.496 e. The molecule has 0 radical (unpaired) electrons. The van der Waals surface area contributed by atoms with Crippen molar-refractivity contribution in [3.05, 3.63) is 29.3 Å². The summed E-state index contributed by atoms with van der Waals surface area (Å²) in [6.07, 6.45) is 0. The highest BCUT2D eigenvalue weighted by Gasteiger charge is 2.23. The fraction of sp³-hybridized carbons (Fsp3) is 0.571. The molecule has 1 heterocycles. The van der Waals surface area contributed by atoms with E-state index in [1.54, 1.807) is 7.11 Å². The predicted octanol–water partition coefficient (Wildman–Crippen LogP) is 2.03. The van der Waals surface area contributed by atoms with Gasteiger partial charge in [0.15, 0.2) is 0 Å². The fourth-order valence-electron chi connectivity index (χ4n) is 2.36. The lowest BCUT2D eigenvalue weighted by Gasteiger charge is -2.19. The van der Waals surface area contributed by atoms with Crippen molar-refractivity contribution >= 4 is 10.8 Å². The Labute approximate surface area is 111 Å². The molecule has 0 aliphatic carbocycles. The van der Waals surface area contributed by atoms with Gasteiger partial charge >= 0.3 is 0 Å². The largest absolute Gasteiger partial charge is 0.496 e. The van der Waals surface area contributed by atoms with Gasteiger partial charge in [-0.2, -0.15) is 0 Å². The summed E-state index contributed by atoms with van der Waals surface area (Å²) in [5, 5.41) is 3.51. The van der Waals surface area contributed by atoms with Crippen LogP contribution >= 0.6 is 0 Å². The zero-order valence-corrected chi connectivity index (χ0v) is 12.0. The average Bonchev–Trinajstić information content (AvgIpc) is 2.50. The third-order valence-electron chi connectivity index (χ3n) is 3.30. The smallest absolute Gasteiger partial charge is 0.123 e. The topological polar surface area (TPSA) is 38.3 Å². The first-order chi connectivity index (χ1) is 8.60. The first-order valence-corrected chi connectivity index (χ1v) is 7.82. The van der Waals surface area contributed by atoms with Crippen LogP contribution in [0.5, 0.6) is 5.75 Å². The van der Waals surface area contributed by atoms with E-state index in [1.807, 2.05) is 12.1 Å². The molecule has 4 heteroatoms. The first kappa shape index (κ1) is 13.6. The maximum atomic E-state index is 12.0. The molecule has 3 atom stereocenters. The molecule has 100 valence electrons. The molecule has 1 aromatic rings. The number of ether oxygens (including phenoxy) is 1. The van der Waals surface area contributed by atoms with Crippen LogP contribution in [0.2, 0.25) is 0 Å². The summed E-state index contributed by atoms with van der Waals surface area (Å²) >= 11 is 0. The van der Waals surface area contributed by atoms with Crippen LogP contribution in [0.3, 0.4) is 0 Å². The van der Waals surface area contributed by atoms with Crippen LogP contribution in [0, 0.1) is 12.8 Å². The van der Waals surface area contributed by atoms with Gasteiger partial charge in [0.25, 0.3) is 0 Å². The van der Waals surface area contributed by atoms with Crippen molar-refractivity contribution in [1.29, 1.82) is 0 Å². The van der Waals surface area contributed by atoms with Crippen LogP contribution < -0.4 is 10.1 Å². The predicted molar refractivity (Wildman–Crippen MR) is 75.5 cm³/mol. The molecule has 1 aliphatic heterocycles. The highest BCUT2D eigenvalue weighted by atomic mass is 32.2. The molecule has 3 nitrogen and oxygen atoms in total. The van der Waals surface area contributed by atoms with E-state index in [9.17, 15) is 4.21 Å². The summed E-state index contributed by atoms with van der Waals surface area (Å²) < 4.78 is 17.4. The quantitative estimate of drug-likeness (QED) is 0.891. The molecular formula is C14H21NO2S. The summed E-state index contributed by atoms with van der Waals surface area (Å²) in [6, 6.07) is 6.29. The lowest BCUT2D eigenvalue weighted by atomic mass is 10.0. The van der Waals surface area contributed by atoms with Crippen LogP contribution in [0.4, 0.5) is 0 Å². The van der Waals surface area contributed by atoms with Gasteiger partial charge in [0.1, 0.15) is 5.75 Å². The monoisotopic (exact) mass is 267 g/mol. The SMILES string of the molecule is COc1ccc(C)cc1C1CS(=O)CC(C)CN1. The van der Waals surface area contributed by atoms with Crippen LogP contribution in [-0.4, -0.2) is 29.4 Å². The van der Waals surface area contributed by atoms with Gasteiger partial charge in [-0.1, -0.05) is 24.6 Å². The maximum Gasteiger partial charge on any atom is 0.123 e. The number of hydrogen-bond acceptors (Lipinski definition) is 3. The Balaban J connectivity index is 2.29. The number of hydrogen-bond donors (Lipinski definition) is 1. The van der Waals surface area contributed by atoms with Crippen LogP contribution in [0.15, 0.2) is 18.2 Å². The van der Waals surface area contributed by atoms with Crippen LogP contribution in [0.1, 0.15) is 24.1 Å². The van der Waals surface area contributed by atoms with Crippen molar-refractivity contribution in [2.45, 2.75) is 19.9 Å². The third kappa shape index (κ3) is 3.12. The van der Waals surface area contributed by atoms with Crippen LogP contribution in [0.25, 0.3) is 0 Å². The summed E-state index contributed by atoms with van der Waals surface area (Å²) in [5.74, 6) is 2.80. The van der Waals surface area contributed by atoms with Gasteiger partial charge in [-0.15, -0.1) is 0 Å². The standard InChI is InChI=1S/C14H21NO2S/c1-10-4-5-14(17-3)12(6-10)13-9-18(16)8-11(2)7-15-13/h4-6,11,13,15H,7-9H2,1-3H3. The van der Waals surface area contributed by atoms with E-state index >= 15 is 0 Å². The molecule has 1 fully saturated rings. The number of methoxy groups -OCH3 is 1. The molecule has 2 rings (SSSR count). The van der Waals surface area contributed by atoms with E-state index in [0.717, 1.165) is 23.6 Å². The fourth-order valence-corrected chi connectivity index (χ4v) is 3.92. The van der Waals surface area contributed by atoms with Crippen molar-refractivity contribution in [2.24, 2.45) is 5.92 Å². The summed E-state index contributed by atoms with van der Waals surface area (Å²) in [5.41, 5.74) is 2.33. The second-order valence-electron chi connectivity index (χ2n) is 5.08. The van der Waals surface area contributed by atoms with Crippen molar-refractivity contribution < 1.29 is 8.95 Å². The number of benzene rings is 1. The average molecular weight is 267 g/mol. The Morgan fingerprint density at radius 2 is 2.17 bits per heavy atom. The van der Waals surface area contributed by atoms with Crippen molar-refractivity contribution in [3.63, 3.8) is 0 Å². The molecule has 0 spiro atoms. The van der Waals surface area contributed by atoms with Crippen molar-refractivity contribution in [3.8, 4) is 5.75 Å². The van der Waals surface area contributed by atoms with Gasteiger partial charge in [-0.25, -0.2) is 0 Å². The van der Waals surface area contributed by atoms with Gasteiger partial charge in [0.2, 0.25) is 0 Å². The molecule has 1 aromatic carbocycles. The number of nitrogens with one attached hydrogen (secondary N) is 1. The molecule has 1 aliphatic rings. The second-order valence-corrected chi connectivity index (χ2v) is 6.63. The molecule has 3 unspecified atom stereocenters. The number of aryl methyl sites for hydroxylation is 1. The first-order valence-electron chi connectivity index (χ1n) is 6.33. The van der Waals surface area contributed by atoms with Crippen LogP contribution in [-0.2, 0) is 10.8 Å². The highest BCUT2D eigenvalue weighted by molar-refractivity contribution is 7.85. The minimum absolute atomic E-state index is 0.130. The lowest BCUT2D eigenvalue weighted by Crippen LogP contribution is -2.26. The van der Waals surface area contributed by atoms with E-state index in [1.165, 1.54) is 5.56 Å². The van der Waals surface area contributed by atoms with Gasteiger partial charge < -0.3 is 10.1 Å². The lowest BCUT2D eigenvalue weighted by molar-refractivity contribution is 0.400. The Kier molecular flexibility index (Phi) is 4.40. The molecule has 18 heavy (non-hydrogen) atoms. The van der Waals surface area contributed by atoms with E-state index in [-0.39, 0.29) is 6.04 Å². The molecule has 1 N–H and O–H groups in total. The molecule has 1 saturated heterocycles. The van der Waals surface area contributed by atoms with E-state index in [0.29, 0.717) is 11.7 Å². The summed E-state index contributed by atoms with van der Waals surface area (Å²) in [4.78, 5) is 0. The number of rotatable bonds is 2. The maximum absolute atomic E-state index is 12.0. The summed E-state index contributed by atoms with van der Waals surface area (Å²) in [6.45, 7) is 5.12. The van der Waals surface area contributed by atoms with E-state index in [4.69, 9.17) is 4.74 Å². The molecule has 0 saturated carbocycles. The van der Waals surface area contributed by atoms with Gasteiger partial charge in [-0.05, 0) is 25.5 Å². The van der Waals surface area contributed by atoms with E-state index in [2.05, 4.69) is 25.2 Å². The second kappa shape index (κ2) is 5.85. The van der Waals surface area contributed by atoms with Crippen molar-refractivity contribution in [1.82, 2.24) is 5.32 Å². The van der Waals surface area contributed by atoms with Crippen molar-refractivity contribution in [2.75, 3.05) is 25.2 Å². The minimum atomic E-state index is -0.753. The third-order valence-corrected chi connectivity index (χ3v) is 4.94. The summed E-state index contributed by atoms with van der Waals surface area (Å²) in [7, 11) is 0.932. The van der Waals surface area contributed by atoms with Gasteiger partial charge in [0, 0.05) is 33.9 Å². The molecular weight excluding hydrogens is 246 g/mol. The molecule has 0 bridgehead atoms. The van der Waals surface area contributed by atoms with E-state index < -0.39 is 10.8 Å². The Bertz CT molecular complexity index is 447. The Morgan fingerprint density at radius 3 is 2.89 bits per heavy atom. The molecule has 0 amide bonds. The Hall–Kier alpha value is -0.870. The molecule has 0 aromatic heterocycles. The zero-order valence-electron chi connectivity index (χ0n) is 11.2. The van der Waals surface area contributed by atoms with Gasteiger partial charge in [-0.3, -0.25) is 4.21 Å². The zero-order chi connectivity index (χ0) is 13.1. The Morgan fingerprint density at radius 1 is 1.39 bits per heavy atom. The highest BCUT2D eigenvalue weighted by Crippen LogP contribution is 2.28. The van der Waals surface area contributed by atoms with Gasteiger partial charge in [0.05, 0.1) is 7.11 Å².